The average Bonchev–Trinajstić information content (AvgIpc) is 2.63. The quantitative estimate of drug-likeness (QED) is 0.431. The van der Waals surface area contributed by atoms with E-state index in [0.717, 1.165) is 6.42 Å². The molecule has 3 aromatic rings. The fourth-order valence-electron chi connectivity index (χ4n) is 2.55. The smallest absolute Gasteiger partial charge is 0.282 e. The molecular formula is C18H16N4O4. The molecule has 0 aliphatic heterocycles. The number of nitro groups is 1. The van der Waals surface area contributed by atoms with Crippen LogP contribution in [0, 0.1) is 10.1 Å². The van der Waals surface area contributed by atoms with Crippen molar-refractivity contribution in [2.75, 3.05) is 0 Å². The van der Waals surface area contributed by atoms with E-state index in [1.807, 2.05) is 6.92 Å². The number of phenols is 1. The number of aryl methyl sites for hydroxylation is 1. The van der Waals surface area contributed by atoms with Gasteiger partial charge in [0.05, 0.1) is 22.0 Å². The molecule has 26 heavy (non-hydrogen) atoms. The summed E-state index contributed by atoms with van der Waals surface area (Å²) in [6.07, 6.45) is 2.53. The van der Waals surface area contributed by atoms with E-state index >= 15 is 0 Å². The molecule has 0 unspecified atom stereocenters. The van der Waals surface area contributed by atoms with Crippen LogP contribution >= 0.6 is 0 Å². The second-order valence-electron chi connectivity index (χ2n) is 5.66. The largest absolute Gasteiger partial charge is 0.507 e. The minimum absolute atomic E-state index is 0.140. The molecule has 0 spiro atoms. The van der Waals surface area contributed by atoms with Gasteiger partial charge in [-0.25, -0.2) is 4.98 Å². The van der Waals surface area contributed by atoms with Crippen LogP contribution in [0.4, 0.5) is 5.69 Å². The molecule has 0 bridgehead atoms. The fraction of sp³-hybridized carbons (Fsp3) is 0.167. The van der Waals surface area contributed by atoms with Crippen molar-refractivity contribution in [1.82, 2.24) is 9.66 Å². The Morgan fingerprint density at radius 3 is 2.81 bits per heavy atom. The van der Waals surface area contributed by atoms with Gasteiger partial charge in [0.1, 0.15) is 11.6 Å². The Morgan fingerprint density at radius 1 is 1.31 bits per heavy atom. The summed E-state index contributed by atoms with van der Waals surface area (Å²) in [6, 6.07) is 10.6. The summed E-state index contributed by atoms with van der Waals surface area (Å²) >= 11 is 0. The van der Waals surface area contributed by atoms with E-state index in [1.54, 1.807) is 24.3 Å². The van der Waals surface area contributed by atoms with E-state index in [4.69, 9.17) is 0 Å². The number of hydrogen-bond acceptors (Lipinski definition) is 6. The van der Waals surface area contributed by atoms with Crippen molar-refractivity contribution in [3.8, 4) is 5.75 Å². The number of non-ortho nitro benzene ring substituents is 1. The van der Waals surface area contributed by atoms with Gasteiger partial charge >= 0.3 is 0 Å². The molecule has 0 saturated heterocycles. The standard InChI is InChI=1S/C18H16N4O4/c1-2-5-17-20-15-7-4-3-6-14(15)18(24)21(17)19-11-12-10-13(22(25)26)8-9-16(12)23/h3-4,6-11,23H,2,5H2,1H3/b19-11-. The van der Waals surface area contributed by atoms with Crippen molar-refractivity contribution in [2.24, 2.45) is 5.10 Å². The Labute approximate surface area is 148 Å². The van der Waals surface area contributed by atoms with Crippen LogP contribution in [0.1, 0.15) is 24.7 Å². The highest BCUT2D eigenvalue weighted by atomic mass is 16.6. The molecule has 0 amide bonds. The first-order valence-electron chi connectivity index (χ1n) is 8.03. The number of benzene rings is 2. The van der Waals surface area contributed by atoms with Crippen molar-refractivity contribution < 1.29 is 10.0 Å². The van der Waals surface area contributed by atoms with Gasteiger partial charge in [-0.15, -0.1) is 0 Å². The van der Waals surface area contributed by atoms with Crippen LogP contribution in [0.2, 0.25) is 0 Å². The summed E-state index contributed by atoms with van der Waals surface area (Å²) in [6.45, 7) is 1.96. The zero-order chi connectivity index (χ0) is 18.7. The Balaban J connectivity index is 2.13. The third-order valence-corrected chi connectivity index (χ3v) is 3.83. The van der Waals surface area contributed by atoms with Crippen LogP contribution in [0.15, 0.2) is 52.4 Å². The molecule has 3 rings (SSSR count). The molecule has 0 fully saturated rings. The van der Waals surface area contributed by atoms with Crippen LogP contribution in [0.25, 0.3) is 10.9 Å². The molecule has 8 heteroatoms. The third kappa shape index (κ3) is 3.30. The van der Waals surface area contributed by atoms with Crippen LogP contribution in [-0.2, 0) is 6.42 Å². The highest BCUT2D eigenvalue weighted by Gasteiger charge is 2.11. The molecular weight excluding hydrogens is 336 g/mol. The molecule has 1 aromatic heterocycles. The van der Waals surface area contributed by atoms with Gasteiger partial charge in [-0.05, 0) is 24.6 Å². The number of phenolic OH excluding ortho intramolecular Hbond substituents is 1. The van der Waals surface area contributed by atoms with Crippen LogP contribution in [0.3, 0.4) is 0 Å². The normalized spacial score (nSPS) is 11.3. The first-order chi connectivity index (χ1) is 12.5. The minimum Gasteiger partial charge on any atom is -0.507 e. The number of fused-ring (bicyclic) bond motifs is 1. The molecule has 0 radical (unpaired) electrons. The topological polar surface area (TPSA) is 111 Å². The summed E-state index contributed by atoms with van der Waals surface area (Å²) in [5.41, 5.74) is 0.217. The van der Waals surface area contributed by atoms with E-state index in [0.29, 0.717) is 23.1 Å². The van der Waals surface area contributed by atoms with E-state index in [2.05, 4.69) is 10.1 Å². The highest BCUT2D eigenvalue weighted by Crippen LogP contribution is 2.21. The lowest BCUT2D eigenvalue weighted by Gasteiger charge is -2.08. The van der Waals surface area contributed by atoms with Crippen molar-refractivity contribution in [2.45, 2.75) is 19.8 Å². The lowest BCUT2D eigenvalue weighted by molar-refractivity contribution is -0.384. The van der Waals surface area contributed by atoms with E-state index in [-0.39, 0.29) is 22.6 Å². The Bertz CT molecular complexity index is 1070. The lowest BCUT2D eigenvalue weighted by Crippen LogP contribution is -2.22. The molecule has 1 N–H and O–H groups in total. The van der Waals surface area contributed by atoms with Gasteiger partial charge in [0.15, 0.2) is 0 Å². The van der Waals surface area contributed by atoms with E-state index in [1.165, 1.54) is 29.1 Å². The van der Waals surface area contributed by atoms with Gasteiger partial charge in [-0.1, -0.05) is 19.1 Å². The van der Waals surface area contributed by atoms with Crippen molar-refractivity contribution in [3.05, 3.63) is 74.3 Å². The molecule has 0 atom stereocenters. The summed E-state index contributed by atoms with van der Waals surface area (Å²) in [5.74, 6) is 0.315. The molecule has 0 saturated carbocycles. The average molecular weight is 352 g/mol. The molecule has 0 aliphatic rings. The van der Waals surface area contributed by atoms with Crippen molar-refractivity contribution in [3.63, 3.8) is 0 Å². The number of nitrogens with zero attached hydrogens (tertiary/aromatic N) is 4. The van der Waals surface area contributed by atoms with Gasteiger partial charge in [0.25, 0.3) is 11.2 Å². The van der Waals surface area contributed by atoms with Crippen molar-refractivity contribution >= 4 is 22.8 Å². The zero-order valence-electron chi connectivity index (χ0n) is 14.0. The number of nitro benzene ring substituents is 1. The maximum Gasteiger partial charge on any atom is 0.282 e. The third-order valence-electron chi connectivity index (χ3n) is 3.83. The van der Waals surface area contributed by atoms with E-state index in [9.17, 15) is 20.0 Å². The van der Waals surface area contributed by atoms with Crippen molar-refractivity contribution in [1.29, 1.82) is 0 Å². The summed E-state index contributed by atoms with van der Waals surface area (Å²) in [4.78, 5) is 27.6. The van der Waals surface area contributed by atoms with Gasteiger partial charge in [0.2, 0.25) is 0 Å². The maximum absolute atomic E-state index is 12.7. The molecule has 0 aliphatic carbocycles. The predicted molar refractivity (Wildman–Crippen MR) is 97.8 cm³/mol. The molecule has 132 valence electrons. The van der Waals surface area contributed by atoms with Crippen LogP contribution in [0.5, 0.6) is 5.75 Å². The maximum atomic E-state index is 12.7. The first-order valence-corrected chi connectivity index (χ1v) is 8.03. The monoisotopic (exact) mass is 352 g/mol. The number of para-hydroxylation sites is 1. The van der Waals surface area contributed by atoms with Gasteiger partial charge in [-0.3, -0.25) is 14.9 Å². The number of rotatable bonds is 5. The van der Waals surface area contributed by atoms with Gasteiger partial charge in [0, 0.05) is 24.1 Å². The lowest BCUT2D eigenvalue weighted by atomic mass is 10.2. The first kappa shape index (κ1) is 17.3. The summed E-state index contributed by atoms with van der Waals surface area (Å²) in [7, 11) is 0. The molecule has 8 nitrogen and oxygen atoms in total. The predicted octanol–water partition coefficient (Wildman–Crippen LogP) is 2.85. The minimum atomic E-state index is -0.566. The molecule has 2 aromatic carbocycles. The van der Waals surface area contributed by atoms with E-state index < -0.39 is 4.92 Å². The van der Waals surface area contributed by atoms with Gasteiger partial charge in [-0.2, -0.15) is 9.78 Å². The summed E-state index contributed by atoms with van der Waals surface area (Å²) in [5, 5.41) is 25.3. The van der Waals surface area contributed by atoms with Crippen LogP contribution < -0.4 is 5.56 Å². The zero-order valence-corrected chi connectivity index (χ0v) is 14.0. The Morgan fingerprint density at radius 2 is 2.08 bits per heavy atom. The Hall–Kier alpha value is -3.55. The van der Waals surface area contributed by atoms with Gasteiger partial charge < -0.3 is 5.11 Å². The Kier molecular flexibility index (Phi) is 4.74. The number of hydrogen-bond donors (Lipinski definition) is 1. The molecule has 1 heterocycles. The number of aromatic nitrogens is 2. The second-order valence-corrected chi connectivity index (χ2v) is 5.66. The summed E-state index contributed by atoms with van der Waals surface area (Å²) < 4.78 is 1.17. The number of aromatic hydroxyl groups is 1. The second kappa shape index (κ2) is 7.14. The fourth-order valence-corrected chi connectivity index (χ4v) is 2.55. The highest BCUT2D eigenvalue weighted by molar-refractivity contribution is 5.84. The SMILES string of the molecule is CCCc1nc2ccccc2c(=O)n1/N=C\c1cc([N+](=O)[O-])ccc1O. The van der Waals surface area contributed by atoms with Crippen LogP contribution in [-0.4, -0.2) is 25.9 Å².